The summed E-state index contributed by atoms with van der Waals surface area (Å²) in [5.41, 5.74) is 0.991. The lowest BCUT2D eigenvalue weighted by atomic mass is 10.1. The fourth-order valence-corrected chi connectivity index (χ4v) is 1.49. The van der Waals surface area contributed by atoms with Crippen LogP contribution in [-0.4, -0.2) is 6.54 Å². The maximum absolute atomic E-state index is 12.9. The van der Waals surface area contributed by atoms with E-state index in [0.717, 1.165) is 18.5 Å². The third kappa shape index (κ3) is 3.65. The molecule has 0 radical (unpaired) electrons. The number of nitrogens with one attached hydrogen (secondary N) is 1. The molecule has 1 aromatic rings. The van der Waals surface area contributed by atoms with E-state index in [1.54, 1.807) is 12.1 Å². The van der Waals surface area contributed by atoms with Gasteiger partial charge in [-0.1, -0.05) is 23.7 Å². The van der Waals surface area contributed by atoms with Crippen LogP contribution in [0.2, 0.25) is 5.02 Å². The second-order valence-corrected chi connectivity index (χ2v) is 3.83. The van der Waals surface area contributed by atoms with Gasteiger partial charge < -0.3 is 5.32 Å². The van der Waals surface area contributed by atoms with E-state index in [2.05, 4.69) is 11.9 Å². The molecule has 0 aromatic heterocycles. The van der Waals surface area contributed by atoms with Crippen molar-refractivity contribution in [1.29, 1.82) is 0 Å². The summed E-state index contributed by atoms with van der Waals surface area (Å²) in [5, 5.41) is 3.47. The van der Waals surface area contributed by atoms with E-state index in [0.29, 0.717) is 0 Å². The van der Waals surface area contributed by atoms with Gasteiger partial charge in [0.15, 0.2) is 0 Å². The van der Waals surface area contributed by atoms with Crippen LogP contribution in [0.5, 0.6) is 0 Å². The van der Waals surface area contributed by atoms with Gasteiger partial charge in [-0.05, 0) is 37.6 Å². The molecule has 1 aromatic carbocycles. The Labute approximate surface area is 95.0 Å². The molecule has 0 heterocycles. The first kappa shape index (κ1) is 12.2. The van der Waals surface area contributed by atoms with Gasteiger partial charge in [-0.2, -0.15) is 0 Å². The third-order valence-electron chi connectivity index (χ3n) is 2.24. The molecule has 0 amide bonds. The molecule has 3 heteroatoms. The zero-order valence-electron chi connectivity index (χ0n) is 8.76. The number of halogens is 2. The zero-order valence-corrected chi connectivity index (χ0v) is 9.52. The van der Waals surface area contributed by atoms with E-state index >= 15 is 0 Å². The minimum Gasteiger partial charge on any atom is -0.310 e. The van der Waals surface area contributed by atoms with Gasteiger partial charge >= 0.3 is 0 Å². The highest BCUT2D eigenvalue weighted by atomic mass is 35.5. The summed E-state index contributed by atoms with van der Waals surface area (Å²) in [6.07, 6.45) is 2.77. The van der Waals surface area contributed by atoms with Gasteiger partial charge in [0.25, 0.3) is 0 Å². The van der Waals surface area contributed by atoms with Gasteiger partial charge in [-0.3, -0.25) is 0 Å². The summed E-state index contributed by atoms with van der Waals surface area (Å²) in [6, 6.07) is 4.96. The Morgan fingerprint density at radius 1 is 1.60 bits per heavy atom. The highest BCUT2D eigenvalue weighted by molar-refractivity contribution is 6.30. The Kier molecular flexibility index (Phi) is 4.79. The van der Waals surface area contributed by atoms with Crippen molar-refractivity contribution in [2.45, 2.75) is 19.4 Å². The molecule has 0 bridgehead atoms. The van der Waals surface area contributed by atoms with Crippen molar-refractivity contribution in [3.05, 3.63) is 47.3 Å². The number of hydrogen-bond acceptors (Lipinski definition) is 1. The van der Waals surface area contributed by atoms with Crippen LogP contribution in [-0.2, 0) is 0 Å². The second kappa shape index (κ2) is 5.89. The van der Waals surface area contributed by atoms with Crippen LogP contribution in [0.25, 0.3) is 0 Å². The topological polar surface area (TPSA) is 12.0 Å². The molecule has 0 fully saturated rings. The van der Waals surface area contributed by atoms with Gasteiger partial charge in [-0.15, -0.1) is 6.58 Å². The molecule has 0 aliphatic rings. The molecule has 0 aliphatic carbocycles. The van der Waals surface area contributed by atoms with E-state index in [4.69, 9.17) is 11.6 Å². The molecule has 82 valence electrons. The van der Waals surface area contributed by atoms with E-state index in [-0.39, 0.29) is 16.9 Å². The minimum absolute atomic E-state index is 0.169. The van der Waals surface area contributed by atoms with Gasteiger partial charge in [0.05, 0.1) is 5.02 Å². The van der Waals surface area contributed by atoms with Crippen LogP contribution in [0.15, 0.2) is 30.9 Å². The lowest BCUT2D eigenvalue weighted by Gasteiger charge is -2.13. The summed E-state index contributed by atoms with van der Waals surface area (Å²) in [5.74, 6) is -0.376. The maximum atomic E-state index is 12.9. The van der Waals surface area contributed by atoms with Gasteiger partial charge in [-0.25, -0.2) is 4.39 Å². The van der Waals surface area contributed by atoms with E-state index in [1.807, 2.05) is 13.0 Å². The Balaban J connectivity index is 2.61. The quantitative estimate of drug-likeness (QED) is 0.597. The van der Waals surface area contributed by atoms with E-state index in [1.165, 1.54) is 6.07 Å². The van der Waals surface area contributed by atoms with Crippen molar-refractivity contribution in [3.63, 3.8) is 0 Å². The average molecular weight is 228 g/mol. The van der Waals surface area contributed by atoms with E-state index < -0.39 is 0 Å². The highest BCUT2D eigenvalue weighted by Crippen LogP contribution is 2.20. The number of rotatable bonds is 5. The maximum Gasteiger partial charge on any atom is 0.141 e. The number of benzene rings is 1. The molecule has 1 unspecified atom stereocenters. The van der Waals surface area contributed by atoms with Crippen LogP contribution in [0, 0.1) is 5.82 Å². The van der Waals surface area contributed by atoms with Crippen LogP contribution >= 0.6 is 11.6 Å². The number of hydrogen-bond donors (Lipinski definition) is 1. The van der Waals surface area contributed by atoms with Gasteiger partial charge in [0, 0.05) is 6.04 Å². The van der Waals surface area contributed by atoms with E-state index in [9.17, 15) is 4.39 Å². The second-order valence-electron chi connectivity index (χ2n) is 3.43. The monoisotopic (exact) mass is 227 g/mol. The summed E-state index contributed by atoms with van der Waals surface area (Å²) < 4.78 is 12.9. The van der Waals surface area contributed by atoms with Crippen molar-refractivity contribution >= 4 is 11.6 Å². The summed E-state index contributed by atoms with van der Waals surface area (Å²) in [4.78, 5) is 0. The van der Waals surface area contributed by atoms with Crippen molar-refractivity contribution in [2.75, 3.05) is 6.54 Å². The lowest BCUT2D eigenvalue weighted by Crippen LogP contribution is -2.19. The van der Waals surface area contributed by atoms with Crippen LogP contribution in [0.4, 0.5) is 4.39 Å². The normalized spacial score (nSPS) is 12.5. The van der Waals surface area contributed by atoms with Gasteiger partial charge in [0.2, 0.25) is 0 Å². The molecule has 0 saturated heterocycles. The van der Waals surface area contributed by atoms with Crippen molar-refractivity contribution in [1.82, 2.24) is 5.32 Å². The molecule has 1 atom stereocenters. The summed E-state index contributed by atoms with van der Waals surface area (Å²) in [7, 11) is 0. The Morgan fingerprint density at radius 2 is 2.33 bits per heavy atom. The highest BCUT2D eigenvalue weighted by Gasteiger charge is 2.06. The molecule has 1 N–H and O–H groups in total. The fraction of sp³-hybridized carbons (Fsp3) is 0.333. The fourth-order valence-electron chi connectivity index (χ4n) is 1.30. The lowest BCUT2D eigenvalue weighted by molar-refractivity contribution is 0.577. The Bertz CT molecular complexity index is 338. The molecule has 1 nitrogen and oxygen atoms in total. The summed E-state index contributed by atoms with van der Waals surface area (Å²) >= 11 is 5.70. The Morgan fingerprint density at radius 3 is 2.93 bits per heavy atom. The largest absolute Gasteiger partial charge is 0.310 e. The van der Waals surface area contributed by atoms with Gasteiger partial charge in [0.1, 0.15) is 5.82 Å². The summed E-state index contributed by atoms with van der Waals surface area (Å²) in [6.45, 7) is 6.53. The van der Waals surface area contributed by atoms with Crippen molar-refractivity contribution in [3.8, 4) is 0 Å². The molecule has 0 saturated carbocycles. The first-order chi connectivity index (χ1) is 7.15. The molecular weight excluding hydrogens is 213 g/mol. The minimum atomic E-state index is -0.376. The first-order valence-electron chi connectivity index (χ1n) is 4.94. The predicted molar refractivity (Wildman–Crippen MR) is 62.6 cm³/mol. The SMILES string of the molecule is C=CCCNC(C)c1ccc(F)c(Cl)c1. The molecular formula is C12H15ClFN. The predicted octanol–water partition coefficient (Wildman–Crippen LogP) is 3.71. The molecule has 0 aliphatic heterocycles. The molecule has 0 spiro atoms. The average Bonchev–Trinajstić information content (AvgIpc) is 2.22. The third-order valence-corrected chi connectivity index (χ3v) is 2.53. The smallest absolute Gasteiger partial charge is 0.141 e. The van der Waals surface area contributed by atoms with Crippen molar-refractivity contribution < 1.29 is 4.39 Å². The van der Waals surface area contributed by atoms with Crippen LogP contribution < -0.4 is 5.32 Å². The Hall–Kier alpha value is -0.860. The standard InChI is InChI=1S/C12H15ClFN/c1-3-4-7-15-9(2)10-5-6-12(14)11(13)8-10/h3,5-6,8-9,15H,1,4,7H2,2H3. The molecule has 1 rings (SSSR count). The van der Waals surface area contributed by atoms with Crippen LogP contribution in [0.3, 0.4) is 0 Å². The molecule has 15 heavy (non-hydrogen) atoms. The first-order valence-corrected chi connectivity index (χ1v) is 5.32. The van der Waals surface area contributed by atoms with Crippen molar-refractivity contribution in [2.24, 2.45) is 0 Å². The van der Waals surface area contributed by atoms with Crippen LogP contribution in [0.1, 0.15) is 24.9 Å². The zero-order chi connectivity index (χ0) is 11.3.